The quantitative estimate of drug-likeness (QED) is 0.366. The van der Waals surface area contributed by atoms with Crippen molar-refractivity contribution in [3.05, 3.63) is 94.8 Å². The van der Waals surface area contributed by atoms with Crippen LogP contribution in [-0.4, -0.2) is 44.3 Å². The Kier molecular flexibility index (Phi) is 9.86. The molecule has 1 atom stereocenters. The zero-order chi connectivity index (χ0) is 28.7. The number of carbonyl (C=O) groups is 2. The smallest absolute Gasteiger partial charge is 0.264 e. The van der Waals surface area contributed by atoms with Crippen LogP contribution in [0.5, 0.6) is 0 Å². The van der Waals surface area contributed by atoms with E-state index >= 15 is 0 Å². The molecule has 0 aliphatic carbocycles. The number of aryl methyl sites for hydroxylation is 3. The van der Waals surface area contributed by atoms with Crippen molar-refractivity contribution in [3.8, 4) is 0 Å². The van der Waals surface area contributed by atoms with E-state index in [0.29, 0.717) is 24.2 Å². The number of amides is 2. The normalized spacial score (nSPS) is 12.1. The van der Waals surface area contributed by atoms with Crippen LogP contribution in [0.1, 0.15) is 42.5 Å². The van der Waals surface area contributed by atoms with Gasteiger partial charge in [0.2, 0.25) is 11.8 Å². The van der Waals surface area contributed by atoms with E-state index in [2.05, 4.69) is 5.32 Å². The molecular formula is C30H36FN3O4S. The highest BCUT2D eigenvalue weighted by atomic mass is 32.2. The lowest BCUT2D eigenvalue weighted by atomic mass is 10.1. The third-order valence-corrected chi connectivity index (χ3v) is 8.30. The number of hydrogen-bond acceptors (Lipinski definition) is 4. The molecular weight excluding hydrogens is 517 g/mol. The first-order valence-corrected chi connectivity index (χ1v) is 14.4. The van der Waals surface area contributed by atoms with Crippen LogP contribution in [0.15, 0.2) is 71.6 Å². The highest BCUT2D eigenvalue weighted by Crippen LogP contribution is 2.28. The predicted octanol–water partition coefficient (Wildman–Crippen LogP) is 4.89. The molecule has 0 aliphatic heterocycles. The molecule has 39 heavy (non-hydrogen) atoms. The van der Waals surface area contributed by atoms with E-state index in [0.717, 1.165) is 15.4 Å². The summed E-state index contributed by atoms with van der Waals surface area (Å²) < 4.78 is 43.5. The first kappa shape index (κ1) is 29.8. The Morgan fingerprint density at radius 3 is 2.21 bits per heavy atom. The van der Waals surface area contributed by atoms with E-state index in [9.17, 15) is 22.4 Å². The minimum atomic E-state index is -4.16. The zero-order valence-corrected chi connectivity index (χ0v) is 23.9. The van der Waals surface area contributed by atoms with Gasteiger partial charge in [0, 0.05) is 18.7 Å². The van der Waals surface area contributed by atoms with Crippen molar-refractivity contribution in [2.45, 2.75) is 58.5 Å². The summed E-state index contributed by atoms with van der Waals surface area (Å²) in [6, 6.07) is 16.7. The molecule has 0 unspecified atom stereocenters. The Labute approximate surface area is 230 Å². The molecule has 2 amide bonds. The van der Waals surface area contributed by atoms with Crippen LogP contribution < -0.4 is 9.62 Å². The maximum Gasteiger partial charge on any atom is 0.264 e. The van der Waals surface area contributed by atoms with Gasteiger partial charge in [-0.15, -0.1) is 0 Å². The van der Waals surface area contributed by atoms with Gasteiger partial charge in [-0.1, -0.05) is 60.5 Å². The Hall–Kier alpha value is -3.72. The van der Waals surface area contributed by atoms with Crippen molar-refractivity contribution >= 4 is 27.5 Å². The SMILES string of the molecule is CCCNC(=O)[C@H](C)N(Cc1ccccc1F)C(=O)CN(c1ccc(C)cc1C)S(=O)(=O)c1ccc(C)cc1. The summed E-state index contributed by atoms with van der Waals surface area (Å²) in [4.78, 5) is 28.0. The summed E-state index contributed by atoms with van der Waals surface area (Å²) in [7, 11) is -4.16. The number of rotatable bonds is 11. The van der Waals surface area contributed by atoms with Gasteiger partial charge in [0.05, 0.1) is 10.6 Å². The molecule has 0 fully saturated rings. The first-order valence-electron chi connectivity index (χ1n) is 12.9. The number of nitrogens with one attached hydrogen (secondary N) is 1. The van der Waals surface area contributed by atoms with Gasteiger partial charge in [-0.2, -0.15) is 0 Å². The number of hydrogen-bond donors (Lipinski definition) is 1. The number of nitrogens with zero attached hydrogens (tertiary/aromatic N) is 2. The van der Waals surface area contributed by atoms with Gasteiger partial charge in [-0.3, -0.25) is 13.9 Å². The second-order valence-corrected chi connectivity index (χ2v) is 11.6. The molecule has 0 heterocycles. The van der Waals surface area contributed by atoms with Crippen LogP contribution in [0.4, 0.5) is 10.1 Å². The summed E-state index contributed by atoms with van der Waals surface area (Å²) in [6.07, 6.45) is 0.703. The first-order chi connectivity index (χ1) is 18.4. The Bertz CT molecular complexity index is 1420. The Morgan fingerprint density at radius 2 is 1.59 bits per heavy atom. The average Bonchev–Trinajstić information content (AvgIpc) is 2.90. The molecule has 0 aromatic heterocycles. The minimum absolute atomic E-state index is 0.0373. The number of benzene rings is 3. The van der Waals surface area contributed by atoms with E-state index in [4.69, 9.17) is 0 Å². The van der Waals surface area contributed by atoms with Crippen molar-refractivity contribution in [3.63, 3.8) is 0 Å². The lowest BCUT2D eigenvalue weighted by Gasteiger charge is -2.32. The van der Waals surface area contributed by atoms with E-state index in [1.807, 2.05) is 26.8 Å². The fourth-order valence-electron chi connectivity index (χ4n) is 4.22. The summed E-state index contributed by atoms with van der Waals surface area (Å²) >= 11 is 0. The van der Waals surface area contributed by atoms with Gasteiger partial charge in [-0.25, -0.2) is 12.8 Å². The van der Waals surface area contributed by atoms with Crippen LogP contribution in [0, 0.1) is 26.6 Å². The maximum atomic E-state index is 14.6. The molecule has 3 aromatic rings. The van der Waals surface area contributed by atoms with Gasteiger partial charge < -0.3 is 10.2 Å². The molecule has 0 saturated heterocycles. The summed E-state index contributed by atoms with van der Waals surface area (Å²) in [5.74, 6) is -1.55. The standard InChI is InChI=1S/C30H36FN3O4S/c1-6-17-32-30(36)24(5)33(19-25-9-7-8-10-27(25)31)29(35)20-34(28-16-13-22(3)18-23(28)4)39(37,38)26-14-11-21(2)12-15-26/h7-16,18,24H,6,17,19-20H2,1-5H3,(H,32,36)/t24-/m0/s1. The largest absolute Gasteiger partial charge is 0.354 e. The van der Waals surface area contributed by atoms with Gasteiger partial charge in [0.15, 0.2) is 0 Å². The molecule has 0 spiro atoms. The van der Waals surface area contributed by atoms with Gasteiger partial charge >= 0.3 is 0 Å². The summed E-state index contributed by atoms with van der Waals surface area (Å²) in [5.41, 5.74) is 3.08. The van der Waals surface area contributed by atoms with Crippen molar-refractivity contribution < 1.29 is 22.4 Å². The zero-order valence-electron chi connectivity index (χ0n) is 23.1. The number of carbonyl (C=O) groups excluding carboxylic acids is 2. The average molecular weight is 554 g/mol. The molecule has 1 N–H and O–H groups in total. The fourth-order valence-corrected chi connectivity index (χ4v) is 5.70. The van der Waals surface area contributed by atoms with Crippen LogP contribution >= 0.6 is 0 Å². The van der Waals surface area contributed by atoms with E-state index in [1.54, 1.807) is 50.2 Å². The second kappa shape index (κ2) is 12.9. The number of sulfonamides is 1. The topological polar surface area (TPSA) is 86.8 Å². The van der Waals surface area contributed by atoms with Gasteiger partial charge in [-0.05, 0) is 63.9 Å². The molecule has 0 bridgehead atoms. The van der Waals surface area contributed by atoms with Crippen molar-refractivity contribution in [2.75, 3.05) is 17.4 Å². The highest BCUT2D eigenvalue weighted by Gasteiger charge is 2.33. The third-order valence-electron chi connectivity index (χ3n) is 6.52. The fraction of sp³-hybridized carbons (Fsp3) is 0.333. The van der Waals surface area contributed by atoms with E-state index in [1.165, 1.54) is 29.2 Å². The molecule has 3 rings (SSSR count). The molecule has 0 aliphatic rings. The van der Waals surface area contributed by atoms with Gasteiger partial charge in [0.1, 0.15) is 18.4 Å². The molecule has 208 valence electrons. The lowest BCUT2D eigenvalue weighted by molar-refractivity contribution is -0.139. The Morgan fingerprint density at radius 1 is 0.949 bits per heavy atom. The number of halogens is 1. The lowest BCUT2D eigenvalue weighted by Crippen LogP contribution is -2.51. The third kappa shape index (κ3) is 7.23. The molecule has 0 saturated carbocycles. The summed E-state index contributed by atoms with van der Waals surface area (Å²) in [6.45, 7) is 8.65. The molecule has 0 radical (unpaired) electrons. The minimum Gasteiger partial charge on any atom is -0.354 e. The maximum absolute atomic E-state index is 14.6. The molecule has 7 nitrogen and oxygen atoms in total. The van der Waals surface area contributed by atoms with E-state index < -0.39 is 40.2 Å². The van der Waals surface area contributed by atoms with Crippen molar-refractivity contribution in [1.82, 2.24) is 10.2 Å². The van der Waals surface area contributed by atoms with Crippen LogP contribution in [-0.2, 0) is 26.2 Å². The highest BCUT2D eigenvalue weighted by molar-refractivity contribution is 7.92. The van der Waals surface area contributed by atoms with Crippen LogP contribution in [0.3, 0.4) is 0 Å². The van der Waals surface area contributed by atoms with Crippen molar-refractivity contribution in [2.24, 2.45) is 0 Å². The summed E-state index contributed by atoms with van der Waals surface area (Å²) in [5, 5.41) is 2.77. The van der Waals surface area contributed by atoms with Crippen LogP contribution in [0.25, 0.3) is 0 Å². The van der Waals surface area contributed by atoms with E-state index in [-0.39, 0.29) is 17.0 Å². The monoisotopic (exact) mass is 553 g/mol. The Balaban J connectivity index is 2.06. The molecule has 9 heteroatoms. The molecule has 3 aromatic carbocycles. The second-order valence-electron chi connectivity index (χ2n) is 9.69. The number of anilines is 1. The van der Waals surface area contributed by atoms with Crippen molar-refractivity contribution in [1.29, 1.82) is 0 Å². The predicted molar refractivity (Wildman–Crippen MR) is 151 cm³/mol. The van der Waals surface area contributed by atoms with Gasteiger partial charge in [0.25, 0.3) is 10.0 Å². The van der Waals surface area contributed by atoms with Crippen LogP contribution in [0.2, 0.25) is 0 Å².